The number of hydrogen-bond donors (Lipinski definition) is 1. The first-order valence-corrected chi connectivity index (χ1v) is 6.47. The van der Waals surface area contributed by atoms with Crippen LogP contribution in [0.15, 0.2) is 36.9 Å². The summed E-state index contributed by atoms with van der Waals surface area (Å²) in [5.74, 6) is 0. The van der Waals surface area contributed by atoms with Crippen molar-refractivity contribution in [1.82, 2.24) is 5.32 Å². The van der Waals surface area contributed by atoms with Crippen LogP contribution in [0.3, 0.4) is 0 Å². The summed E-state index contributed by atoms with van der Waals surface area (Å²) < 4.78 is 0. The number of allylic oxidation sites excluding steroid dienone is 1. The van der Waals surface area contributed by atoms with Crippen LogP contribution < -0.4 is 5.32 Å². The summed E-state index contributed by atoms with van der Waals surface area (Å²) in [6, 6.07) is 8.52. The molecule has 1 rings (SSSR count). The predicted octanol–water partition coefficient (Wildman–Crippen LogP) is 4.47. The van der Waals surface area contributed by atoms with Crippen LogP contribution in [0.1, 0.15) is 44.2 Å². The average molecular weight is 229 g/mol. The maximum atomic E-state index is 4.04. The third-order valence-electron chi connectivity index (χ3n) is 2.61. The molecule has 0 aliphatic carbocycles. The Morgan fingerprint density at radius 1 is 1.18 bits per heavy atom. The van der Waals surface area contributed by atoms with E-state index in [1.54, 1.807) is 0 Å². The van der Waals surface area contributed by atoms with Crippen molar-refractivity contribution in [2.75, 3.05) is 6.54 Å². The predicted molar refractivity (Wildman–Crippen MR) is 77.7 cm³/mol. The van der Waals surface area contributed by atoms with Gasteiger partial charge in [0.25, 0.3) is 0 Å². The van der Waals surface area contributed by atoms with Gasteiger partial charge >= 0.3 is 0 Å². The maximum absolute atomic E-state index is 4.04. The molecular weight excluding hydrogens is 206 g/mol. The molecule has 0 aliphatic heterocycles. The first-order chi connectivity index (χ1) is 8.27. The van der Waals surface area contributed by atoms with E-state index in [-0.39, 0.29) is 0 Å². The molecule has 0 unspecified atom stereocenters. The van der Waals surface area contributed by atoms with Gasteiger partial charge in [-0.15, -0.1) is 0 Å². The molecule has 17 heavy (non-hydrogen) atoms. The topological polar surface area (TPSA) is 12.0 Å². The van der Waals surface area contributed by atoms with Gasteiger partial charge in [-0.3, -0.25) is 0 Å². The van der Waals surface area contributed by atoms with Gasteiger partial charge in [-0.1, -0.05) is 63.3 Å². The molecule has 1 aromatic carbocycles. The molecular formula is C16H23N. The molecule has 0 fully saturated rings. The van der Waals surface area contributed by atoms with Crippen LogP contribution in [0.2, 0.25) is 0 Å². The lowest BCUT2D eigenvalue weighted by Gasteiger charge is -2.08. The summed E-state index contributed by atoms with van der Waals surface area (Å²) in [7, 11) is 0. The Labute approximate surface area is 105 Å². The molecule has 0 atom stereocenters. The number of rotatable bonds is 7. The van der Waals surface area contributed by atoms with Crippen LogP contribution in [-0.2, 0) is 0 Å². The van der Waals surface area contributed by atoms with Gasteiger partial charge in [-0.25, -0.2) is 0 Å². The van der Waals surface area contributed by atoms with E-state index < -0.39 is 0 Å². The van der Waals surface area contributed by atoms with Crippen molar-refractivity contribution in [3.8, 4) is 0 Å². The van der Waals surface area contributed by atoms with Gasteiger partial charge in [0.1, 0.15) is 0 Å². The van der Waals surface area contributed by atoms with Gasteiger partial charge in [0.15, 0.2) is 0 Å². The standard InChI is InChI=1S/C16H23N/c1-4-6-7-8-15-9-11-16(12-10-15)14(3)17-13-5-2/h7-12,17H,3-6,13H2,1-2H3/b8-7+. The largest absolute Gasteiger partial charge is 0.385 e. The van der Waals surface area contributed by atoms with Crippen LogP contribution in [-0.4, -0.2) is 6.54 Å². The summed E-state index contributed by atoms with van der Waals surface area (Å²) in [5, 5.41) is 3.31. The Bertz CT molecular complexity index is 360. The third-order valence-corrected chi connectivity index (χ3v) is 2.61. The SMILES string of the molecule is C=C(NCCC)c1ccc(/C=C/CCC)cc1. The highest BCUT2D eigenvalue weighted by molar-refractivity contribution is 5.63. The smallest absolute Gasteiger partial charge is 0.0340 e. The molecule has 0 heterocycles. The molecule has 1 aromatic rings. The van der Waals surface area contributed by atoms with Gasteiger partial charge < -0.3 is 5.32 Å². The Morgan fingerprint density at radius 2 is 1.88 bits per heavy atom. The van der Waals surface area contributed by atoms with Gasteiger partial charge in [-0.2, -0.15) is 0 Å². The van der Waals surface area contributed by atoms with Crippen LogP contribution in [0.4, 0.5) is 0 Å². The van der Waals surface area contributed by atoms with Crippen molar-refractivity contribution < 1.29 is 0 Å². The van der Waals surface area contributed by atoms with Crippen LogP contribution in [0, 0.1) is 0 Å². The molecule has 1 nitrogen and oxygen atoms in total. The highest BCUT2D eigenvalue weighted by Crippen LogP contribution is 2.12. The number of benzene rings is 1. The molecule has 0 radical (unpaired) electrons. The zero-order valence-corrected chi connectivity index (χ0v) is 11.0. The highest BCUT2D eigenvalue weighted by Gasteiger charge is 1.96. The minimum absolute atomic E-state index is 0.983. The third kappa shape index (κ3) is 4.90. The normalized spacial score (nSPS) is 10.7. The number of hydrogen-bond acceptors (Lipinski definition) is 1. The van der Waals surface area contributed by atoms with E-state index in [1.807, 2.05) is 0 Å². The van der Waals surface area contributed by atoms with E-state index >= 15 is 0 Å². The molecule has 0 aromatic heterocycles. The van der Waals surface area contributed by atoms with Crippen molar-refractivity contribution >= 4 is 11.8 Å². The number of nitrogens with one attached hydrogen (secondary N) is 1. The number of unbranched alkanes of at least 4 members (excludes halogenated alkanes) is 1. The van der Waals surface area contributed by atoms with Crippen molar-refractivity contribution in [1.29, 1.82) is 0 Å². The van der Waals surface area contributed by atoms with Gasteiger partial charge in [0.05, 0.1) is 0 Å². The second kappa shape index (κ2) is 7.72. The summed E-state index contributed by atoms with van der Waals surface area (Å²) >= 11 is 0. The van der Waals surface area contributed by atoms with E-state index in [0.29, 0.717) is 0 Å². The zero-order chi connectivity index (χ0) is 12.5. The van der Waals surface area contributed by atoms with Crippen LogP contribution >= 0.6 is 0 Å². The van der Waals surface area contributed by atoms with E-state index in [0.717, 1.165) is 25.1 Å². The van der Waals surface area contributed by atoms with E-state index in [2.05, 4.69) is 62.2 Å². The van der Waals surface area contributed by atoms with Gasteiger partial charge in [-0.05, 0) is 24.0 Å². The minimum Gasteiger partial charge on any atom is -0.385 e. The molecule has 0 saturated carbocycles. The second-order valence-electron chi connectivity index (χ2n) is 4.22. The lowest BCUT2D eigenvalue weighted by Crippen LogP contribution is -2.11. The Kier molecular flexibility index (Phi) is 6.16. The zero-order valence-electron chi connectivity index (χ0n) is 11.0. The first kappa shape index (κ1) is 13.6. The van der Waals surface area contributed by atoms with Crippen molar-refractivity contribution in [2.24, 2.45) is 0 Å². The first-order valence-electron chi connectivity index (χ1n) is 6.47. The summed E-state index contributed by atoms with van der Waals surface area (Å²) in [6.45, 7) is 9.37. The van der Waals surface area contributed by atoms with Crippen LogP contribution in [0.25, 0.3) is 11.8 Å². The summed E-state index contributed by atoms with van der Waals surface area (Å²) in [6.07, 6.45) is 7.87. The molecule has 0 spiro atoms. The Morgan fingerprint density at radius 3 is 2.47 bits per heavy atom. The van der Waals surface area contributed by atoms with Crippen molar-refractivity contribution in [2.45, 2.75) is 33.1 Å². The molecule has 0 bridgehead atoms. The van der Waals surface area contributed by atoms with Crippen molar-refractivity contribution in [3.63, 3.8) is 0 Å². The van der Waals surface area contributed by atoms with E-state index in [1.165, 1.54) is 17.5 Å². The molecule has 0 saturated heterocycles. The van der Waals surface area contributed by atoms with Gasteiger partial charge in [0.2, 0.25) is 0 Å². The Hall–Kier alpha value is -1.50. The molecule has 92 valence electrons. The minimum atomic E-state index is 0.983. The van der Waals surface area contributed by atoms with E-state index in [9.17, 15) is 0 Å². The fourth-order valence-electron chi connectivity index (χ4n) is 1.56. The quantitative estimate of drug-likeness (QED) is 0.727. The lowest BCUT2D eigenvalue weighted by molar-refractivity contribution is 0.825. The fraction of sp³-hybridized carbons (Fsp3) is 0.375. The fourth-order valence-corrected chi connectivity index (χ4v) is 1.56. The van der Waals surface area contributed by atoms with Crippen molar-refractivity contribution in [3.05, 3.63) is 48.0 Å². The highest BCUT2D eigenvalue weighted by atomic mass is 14.9. The Balaban J connectivity index is 2.58. The molecule has 1 heteroatoms. The lowest BCUT2D eigenvalue weighted by atomic mass is 10.1. The van der Waals surface area contributed by atoms with E-state index in [4.69, 9.17) is 0 Å². The molecule has 0 aliphatic rings. The maximum Gasteiger partial charge on any atom is 0.0340 e. The summed E-state index contributed by atoms with van der Waals surface area (Å²) in [5.41, 5.74) is 3.44. The van der Waals surface area contributed by atoms with Crippen LogP contribution in [0.5, 0.6) is 0 Å². The van der Waals surface area contributed by atoms with Gasteiger partial charge in [0, 0.05) is 12.2 Å². The average Bonchev–Trinajstić information content (AvgIpc) is 2.37. The monoisotopic (exact) mass is 229 g/mol. The second-order valence-corrected chi connectivity index (χ2v) is 4.22. The molecule has 0 amide bonds. The molecule has 1 N–H and O–H groups in total. The summed E-state index contributed by atoms with van der Waals surface area (Å²) in [4.78, 5) is 0.